The second kappa shape index (κ2) is 11.0. The molecular formula is C15H33NO. The third-order valence-corrected chi connectivity index (χ3v) is 3.34. The zero-order valence-electron chi connectivity index (χ0n) is 12.6. The van der Waals surface area contributed by atoms with E-state index in [0.717, 1.165) is 12.5 Å². The molecule has 0 aromatic heterocycles. The fourth-order valence-corrected chi connectivity index (χ4v) is 2.02. The third-order valence-electron chi connectivity index (χ3n) is 3.34. The van der Waals surface area contributed by atoms with Crippen LogP contribution in [0, 0.1) is 5.92 Å². The monoisotopic (exact) mass is 243 g/mol. The van der Waals surface area contributed by atoms with Gasteiger partial charge >= 0.3 is 0 Å². The van der Waals surface area contributed by atoms with Crippen LogP contribution in [0.4, 0.5) is 0 Å². The fourth-order valence-electron chi connectivity index (χ4n) is 2.02. The highest BCUT2D eigenvalue weighted by Gasteiger charge is 2.10. The molecule has 0 rings (SSSR count). The summed E-state index contributed by atoms with van der Waals surface area (Å²) in [6.07, 6.45) is 8.04. The molecule has 0 fully saturated rings. The summed E-state index contributed by atoms with van der Waals surface area (Å²) in [5.41, 5.74) is 0. The Kier molecular flexibility index (Phi) is 11.0. The first kappa shape index (κ1) is 16.9. The van der Waals surface area contributed by atoms with E-state index in [2.05, 4.69) is 33.0 Å². The molecule has 0 aromatic carbocycles. The number of hydrogen-bond acceptors (Lipinski definition) is 2. The van der Waals surface area contributed by atoms with Crippen LogP contribution < -0.4 is 5.32 Å². The summed E-state index contributed by atoms with van der Waals surface area (Å²) in [5, 5.41) is 3.67. The molecule has 0 saturated carbocycles. The van der Waals surface area contributed by atoms with Crippen molar-refractivity contribution in [1.29, 1.82) is 0 Å². The van der Waals surface area contributed by atoms with Gasteiger partial charge in [0.1, 0.15) is 0 Å². The van der Waals surface area contributed by atoms with Gasteiger partial charge in [-0.2, -0.15) is 0 Å². The molecular weight excluding hydrogens is 210 g/mol. The van der Waals surface area contributed by atoms with E-state index in [9.17, 15) is 0 Å². The van der Waals surface area contributed by atoms with Crippen LogP contribution in [0.15, 0.2) is 0 Å². The van der Waals surface area contributed by atoms with E-state index in [0.29, 0.717) is 12.1 Å². The number of ether oxygens (including phenoxy) is 1. The number of hydrogen-bond donors (Lipinski definition) is 1. The van der Waals surface area contributed by atoms with E-state index in [1.165, 1.54) is 38.5 Å². The fraction of sp³-hybridized carbons (Fsp3) is 1.00. The van der Waals surface area contributed by atoms with Gasteiger partial charge in [-0.25, -0.2) is 0 Å². The minimum atomic E-state index is 0.394. The van der Waals surface area contributed by atoms with E-state index in [4.69, 9.17) is 4.74 Å². The smallest absolute Gasteiger partial charge is 0.0543 e. The lowest BCUT2D eigenvalue weighted by molar-refractivity contribution is 0.105. The van der Waals surface area contributed by atoms with Crippen molar-refractivity contribution < 1.29 is 4.74 Å². The highest BCUT2D eigenvalue weighted by Crippen LogP contribution is 2.13. The second-order valence-corrected chi connectivity index (χ2v) is 5.60. The van der Waals surface area contributed by atoms with Gasteiger partial charge in [-0.1, -0.05) is 33.6 Å². The molecule has 0 aliphatic heterocycles. The molecule has 2 heteroatoms. The minimum absolute atomic E-state index is 0.394. The third kappa shape index (κ3) is 10.8. The van der Waals surface area contributed by atoms with Crippen molar-refractivity contribution in [3.05, 3.63) is 0 Å². The molecule has 104 valence electrons. The van der Waals surface area contributed by atoms with Crippen LogP contribution in [0.25, 0.3) is 0 Å². The molecule has 17 heavy (non-hydrogen) atoms. The summed E-state index contributed by atoms with van der Waals surface area (Å²) in [5.74, 6) is 0.833. The Morgan fingerprint density at radius 2 is 1.71 bits per heavy atom. The summed E-state index contributed by atoms with van der Waals surface area (Å²) < 4.78 is 5.32. The van der Waals surface area contributed by atoms with Crippen molar-refractivity contribution in [2.45, 2.75) is 78.4 Å². The van der Waals surface area contributed by atoms with E-state index in [1.54, 1.807) is 7.11 Å². The van der Waals surface area contributed by atoms with Gasteiger partial charge in [0.15, 0.2) is 0 Å². The zero-order chi connectivity index (χ0) is 13.1. The maximum Gasteiger partial charge on any atom is 0.0543 e. The van der Waals surface area contributed by atoms with Crippen molar-refractivity contribution in [2.24, 2.45) is 5.92 Å². The van der Waals surface area contributed by atoms with Crippen molar-refractivity contribution in [1.82, 2.24) is 5.32 Å². The van der Waals surface area contributed by atoms with Crippen molar-refractivity contribution in [2.75, 3.05) is 13.7 Å². The lowest BCUT2D eigenvalue weighted by atomic mass is 9.99. The predicted molar refractivity (Wildman–Crippen MR) is 76.5 cm³/mol. The summed E-state index contributed by atoms with van der Waals surface area (Å²) in [4.78, 5) is 0. The van der Waals surface area contributed by atoms with Crippen LogP contribution in [0.2, 0.25) is 0 Å². The minimum Gasteiger partial charge on any atom is -0.382 e. The van der Waals surface area contributed by atoms with E-state index < -0.39 is 0 Å². The molecule has 0 heterocycles. The van der Waals surface area contributed by atoms with Gasteiger partial charge in [0.25, 0.3) is 0 Å². The Bertz CT molecular complexity index is 159. The van der Waals surface area contributed by atoms with Crippen LogP contribution in [0.1, 0.15) is 66.2 Å². The molecule has 0 radical (unpaired) electrons. The molecule has 2 unspecified atom stereocenters. The summed E-state index contributed by atoms with van der Waals surface area (Å²) >= 11 is 0. The quantitative estimate of drug-likeness (QED) is 0.592. The first-order valence-corrected chi connectivity index (χ1v) is 7.36. The molecule has 0 aliphatic rings. The Morgan fingerprint density at radius 1 is 1.00 bits per heavy atom. The summed E-state index contributed by atoms with van der Waals surface area (Å²) in [7, 11) is 1.80. The number of nitrogens with one attached hydrogen (secondary N) is 1. The Morgan fingerprint density at radius 3 is 2.24 bits per heavy atom. The zero-order valence-corrected chi connectivity index (χ0v) is 12.6. The van der Waals surface area contributed by atoms with E-state index >= 15 is 0 Å². The second-order valence-electron chi connectivity index (χ2n) is 5.60. The summed E-state index contributed by atoms with van der Waals surface area (Å²) in [6, 6.07) is 0.686. The Balaban J connectivity index is 3.78. The molecule has 2 atom stereocenters. The van der Waals surface area contributed by atoms with Crippen LogP contribution >= 0.6 is 0 Å². The van der Waals surface area contributed by atoms with Crippen molar-refractivity contribution in [3.63, 3.8) is 0 Å². The Labute approximate surface area is 109 Å². The van der Waals surface area contributed by atoms with Crippen molar-refractivity contribution >= 4 is 0 Å². The molecule has 0 aromatic rings. The van der Waals surface area contributed by atoms with Crippen LogP contribution in [0.3, 0.4) is 0 Å². The molecule has 2 nitrogen and oxygen atoms in total. The lowest BCUT2D eigenvalue weighted by Gasteiger charge is -2.20. The standard InChI is InChI=1S/C15H33NO/c1-6-12-16-15(9-7-8-13(2)3)11-10-14(4)17-5/h13-16H,6-12H2,1-5H3. The highest BCUT2D eigenvalue weighted by atomic mass is 16.5. The number of rotatable bonds is 11. The molecule has 0 amide bonds. The molecule has 0 bridgehead atoms. The summed E-state index contributed by atoms with van der Waals surface area (Å²) in [6.45, 7) is 10.2. The van der Waals surface area contributed by atoms with E-state index in [-0.39, 0.29) is 0 Å². The van der Waals surface area contributed by atoms with Gasteiger partial charge in [0.2, 0.25) is 0 Å². The largest absolute Gasteiger partial charge is 0.382 e. The highest BCUT2D eigenvalue weighted by molar-refractivity contribution is 4.69. The average Bonchev–Trinajstić information content (AvgIpc) is 2.31. The van der Waals surface area contributed by atoms with Crippen LogP contribution in [-0.4, -0.2) is 25.8 Å². The molecule has 0 spiro atoms. The SMILES string of the molecule is CCCNC(CCCC(C)C)CCC(C)OC. The van der Waals surface area contributed by atoms with Gasteiger partial charge in [-0.3, -0.25) is 0 Å². The van der Waals surface area contributed by atoms with Gasteiger partial charge in [-0.15, -0.1) is 0 Å². The maximum atomic E-state index is 5.32. The Hall–Kier alpha value is -0.0800. The normalized spacial score (nSPS) is 15.2. The van der Waals surface area contributed by atoms with Crippen LogP contribution in [-0.2, 0) is 4.74 Å². The van der Waals surface area contributed by atoms with Gasteiger partial charge in [0.05, 0.1) is 6.10 Å². The molecule has 0 saturated heterocycles. The van der Waals surface area contributed by atoms with Gasteiger partial charge in [0, 0.05) is 13.2 Å². The lowest BCUT2D eigenvalue weighted by Crippen LogP contribution is -2.30. The number of methoxy groups -OCH3 is 1. The first-order chi connectivity index (χ1) is 8.10. The first-order valence-electron chi connectivity index (χ1n) is 7.36. The topological polar surface area (TPSA) is 21.3 Å². The van der Waals surface area contributed by atoms with Gasteiger partial charge in [-0.05, 0) is 45.1 Å². The van der Waals surface area contributed by atoms with Gasteiger partial charge < -0.3 is 10.1 Å². The van der Waals surface area contributed by atoms with Crippen molar-refractivity contribution in [3.8, 4) is 0 Å². The maximum absolute atomic E-state index is 5.32. The average molecular weight is 243 g/mol. The van der Waals surface area contributed by atoms with E-state index in [1.807, 2.05) is 0 Å². The molecule has 1 N–H and O–H groups in total. The van der Waals surface area contributed by atoms with Crippen LogP contribution in [0.5, 0.6) is 0 Å². The molecule has 0 aliphatic carbocycles. The predicted octanol–water partition coefficient (Wildman–Crippen LogP) is 4.00.